The molecule has 1 aromatic carbocycles. The van der Waals surface area contributed by atoms with E-state index in [0.29, 0.717) is 0 Å². The average molecular weight is 172 g/mol. The molecule has 0 fully saturated rings. The minimum atomic E-state index is -2.76. The van der Waals surface area contributed by atoms with E-state index in [0.717, 1.165) is 6.92 Å². The van der Waals surface area contributed by atoms with Gasteiger partial charge in [-0.05, 0) is 12.5 Å². The summed E-state index contributed by atoms with van der Waals surface area (Å²) in [6.45, 7) is 1.10. The Morgan fingerprint density at radius 1 is 1.25 bits per heavy atom. The normalized spacial score (nSPS) is 16.1. The number of hydrogen-bond acceptors (Lipinski definition) is 1. The molecular weight excluding hydrogens is 162 g/mol. The molecular formula is C9H10F2O. The summed E-state index contributed by atoms with van der Waals surface area (Å²) in [6, 6.07) is 7.90. The highest BCUT2D eigenvalue weighted by atomic mass is 19.3. The van der Waals surface area contributed by atoms with Gasteiger partial charge in [0.05, 0.1) is 0 Å². The van der Waals surface area contributed by atoms with Crippen LogP contribution in [0.5, 0.6) is 0 Å². The fraction of sp³-hybridized carbons (Fsp3) is 0.333. The van der Waals surface area contributed by atoms with E-state index < -0.39 is 12.0 Å². The van der Waals surface area contributed by atoms with Crippen LogP contribution in [0.15, 0.2) is 30.3 Å². The van der Waals surface area contributed by atoms with Crippen molar-refractivity contribution in [2.24, 2.45) is 0 Å². The van der Waals surface area contributed by atoms with Crippen LogP contribution in [0.3, 0.4) is 0 Å². The van der Waals surface area contributed by atoms with E-state index in [1.165, 1.54) is 12.1 Å². The maximum absolute atomic E-state index is 12.2. The van der Waals surface area contributed by atoms with Crippen LogP contribution in [0.4, 0.5) is 8.78 Å². The van der Waals surface area contributed by atoms with Crippen LogP contribution in [0.2, 0.25) is 0 Å². The van der Waals surface area contributed by atoms with Crippen molar-refractivity contribution >= 4 is 0 Å². The fourth-order valence-electron chi connectivity index (χ4n) is 0.902. The molecule has 0 aliphatic carbocycles. The highest BCUT2D eigenvalue weighted by Gasteiger charge is 2.33. The van der Waals surface area contributed by atoms with Crippen molar-refractivity contribution in [2.45, 2.75) is 19.0 Å². The van der Waals surface area contributed by atoms with Gasteiger partial charge < -0.3 is 5.11 Å². The molecule has 1 aromatic rings. The van der Waals surface area contributed by atoms with Gasteiger partial charge in [-0.2, -0.15) is 0 Å². The van der Waals surface area contributed by atoms with Crippen molar-refractivity contribution in [1.82, 2.24) is 0 Å². The molecule has 0 heterocycles. The van der Waals surface area contributed by atoms with Gasteiger partial charge in [0.25, 0.3) is 6.43 Å². The molecule has 1 rings (SSSR count). The molecule has 0 aromatic heterocycles. The molecule has 1 nitrogen and oxygen atoms in total. The van der Waals surface area contributed by atoms with Gasteiger partial charge >= 0.3 is 0 Å². The zero-order valence-electron chi connectivity index (χ0n) is 6.67. The lowest BCUT2D eigenvalue weighted by Crippen LogP contribution is -2.30. The molecule has 1 N–H and O–H groups in total. The van der Waals surface area contributed by atoms with Gasteiger partial charge in [-0.3, -0.25) is 0 Å². The zero-order valence-corrected chi connectivity index (χ0v) is 6.67. The maximum Gasteiger partial charge on any atom is 0.270 e. The van der Waals surface area contributed by atoms with E-state index in [4.69, 9.17) is 0 Å². The van der Waals surface area contributed by atoms with Crippen LogP contribution in [-0.4, -0.2) is 11.5 Å². The number of halogens is 2. The first-order valence-electron chi connectivity index (χ1n) is 3.61. The molecule has 3 heteroatoms. The largest absolute Gasteiger partial charge is 0.379 e. The van der Waals surface area contributed by atoms with Crippen LogP contribution in [0.25, 0.3) is 0 Å². The Morgan fingerprint density at radius 3 is 2.17 bits per heavy atom. The second kappa shape index (κ2) is 3.19. The van der Waals surface area contributed by atoms with Crippen LogP contribution in [0.1, 0.15) is 12.5 Å². The summed E-state index contributed by atoms with van der Waals surface area (Å²) in [5.41, 5.74) is -1.80. The number of benzene rings is 1. The Morgan fingerprint density at radius 2 is 1.75 bits per heavy atom. The van der Waals surface area contributed by atoms with Crippen LogP contribution < -0.4 is 0 Å². The summed E-state index contributed by atoms with van der Waals surface area (Å²) in [5.74, 6) is 0. The Hall–Kier alpha value is -0.960. The molecule has 0 spiro atoms. The van der Waals surface area contributed by atoms with E-state index in [-0.39, 0.29) is 5.56 Å². The Bertz CT molecular complexity index is 244. The smallest absolute Gasteiger partial charge is 0.270 e. The molecule has 0 unspecified atom stereocenters. The average Bonchev–Trinajstić information content (AvgIpc) is 2.06. The van der Waals surface area contributed by atoms with Gasteiger partial charge in [0.15, 0.2) is 0 Å². The van der Waals surface area contributed by atoms with Gasteiger partial charge in [-0.1, -0.05) is 30.3 Å². The zero-order chi connectivity index (χ0) is 9.19. The van der Waals surface area contributed by atoms with E-state index in [1.54, 1.807) is 18.2 Å². The summed E-state index contributed by atoms with van der Waals surface area (Å²) in [5, 5.41) is 9.31. The summed E-state index contributed by atoms with van der Waals surface area (Å²) in [6.07, 6.45) is -2.76. The third-order valence-corrected chi connectivity index (χ3v) is 1.78. The van der Waals surface area contributed by atoms with Crippen molar-refractivity contribution in [3.8, 4) is 0 Å². The number of rotatable bonds is 2. The third-order valence-electron chi connectivity index (χ3n) is 1.78. The molecule has 66 valence electrons. The highest BCUT2D eigenvalue weighted by molar-refractivity contribution is 5.21. The predicted molar refractivity (Wildman–Crippen MR) is 42.0 cm³/mol. The second-order valence-electron chi connectivity index (χ2n) is 2.81. The molecule has 1 atom stereocenters. The molecule has 0 saturated heterocycles. The maximum atomic E-state index is 12.2. The summed E-state index contributed by atoms with van der Waals surface area (Å²) in [7, 11) is 0. The predicted octanol–water partition coefficient (Wildman–Crippen LogP) is 2.16. The van der Waals surface area contributed by atoms with E-state index in [9.17, 15) is 13.9 Å². The summed E-state index contributed by atoms with van der Waals surface area (Å²) >= 11 is 0. The first-order valence-corrected chi connectivity index (χ1v) is 3.61. The number of hydrogen-bond donors (Lipinski definition) is 1. The topological polar surface area (TPSA) is 20.2 Å². The molecule has 0 saturated carbocycles. The van der Waals surface area contributed by atoms with Crippen molar-refractivity contribution in [2.75, 3.05) is 0 Å². The molecule has 0 bridgehead atoms. The van der Waals surface area contributed by atoms with Crippen molar-refractivity contribution in [3.63, 3.8) is 0 Å². The van der Waals surface area contributed by atoms with Crippen molar-refractivity contribution < 1.29 is 13.9 Å². The minimum Gasteiger partial charge on any atom is -0.379 e. The lowest BCUT2D eigenvalue weighted by molar-refractivity contribution is -0.0883. The van der Waals surface area contributed by atoms with Crippen LogP contribution in [-0.2, 0) is 5.60 Å². The molecule has 0 aliphatic rings. The van der Waals surface area contributed by atoms with E-state index >= 15 is 0 Å². The lowest BCUT2D eigenvalue weighted by atomic mass is 9.97. The van der Waals surface area contributed by atoms with Crippen LogP contribution >= 0.6 is 0 Å². The SMILES string of the molecule is C[C@](O)(c1ccccc1)C(F)F. The second-order valence-corrected chi connectivity index (χ2v) is 2.81. The Balaban J connectivity index is 2.98. The standard InChI is InChI=1S/C9H10F2O/c1-9(12,8(10)11)7-5-3-2-4-6-7/h2-6,8,12H,1H3/t9-/m0/s1. The first-order chi connectivity index (χ1) is 5.55. The van der Waals surface area contributed by atoms with Gasteiger partial charge in [0.1, 0.15) is 5.60 Å². The fourth-order valence-corrected chi connectivity index (χ4v) is 0.902. The van der Waals surface area contributed by atoms with Crippen molar-refractivity contribution in [3.05, 3.63) is 35.9 Å². The molecule has 0 radical (unpaired) electrons. The molecule has 0 aliphatic heterocycles. The first kappa shape index (κ1) is 9.13. The minimum absolute atomic E-state index is 0.236. The monoisotopic (exact) mass is 172 g/mol. The Kier molecular flexibility index (Phi) is 2.43. The van der Waals surface area contributed by atoms with Gasteiger partial charge in [0, 0.05) is 0 Å². The van der Waals surface area contributed by atoms with Gasteiger partial charge in [-0.25, -0.2) is 8.78 Å². The lowest BCUT2D eigenvalue weighted by Gasteiger charge is -2.22. The third kappa shape index (κ3) is 1.61. The molecule has 0 amide bonds. The van der Waals surface area contributed by atoms with E-state index in [1.807, 2.05) is 0 Å². The Labute approximate surface area is 69.7 Å². The quantitative estimate of drug-likeness (QED) is 0.724. The van der Waals surface area contributed by atoms with Crippen molar-refractivity contribution in [1.29, 1.82) is 0 Å². The van der Waals surface area contributed by atoms with Gasteiger partial charge in [-0.15, -0.1) is 0 Å². The number of aliphatic hydroxyl groups is 1. The summed E-state index contributed by atoms with van der Waals surface area (Å²) < 4.78 is 24.5. The van der Waals surface area contributed by atoms with Crippen LogP contribution in [0, 0.1) is 0 Å². The van der Waals surface area contributed by atoms with E-state index in [2.05, 4.69) is 0 Å². The summed E-state index contributed by atoms with van der Waals surface area (Å²) in [4.78, 5) is 0. The van der Waals surface area contributed by atoms with Gasteiger partial charge in [0.2, 0.25) is 0 Å². The number of alkyl halides is 2. The molecule has 12 heavy (non-hydrogen) atoms. The highest BCUT2D eigenvalue weighted by Crippen LogP contribution is 2.26.